The minimum absolute atomic E-state index is 0.0215. The van der Waals surface area contributed by atoms with E-state index in [1.54, 1.807) is 36.4 Å². The molecule has 0 saturated carbocycles. The van der Waals surface area contributed by atoms with Crippen LogP contribution in [0.15, 0.2) is 58.7 Å². The van der Waals surface area contributed by atoms with Gasteiger partial charge in [0.2, 0.25) is 0 Å². The number of nitrogens with zero attached hydrogens (tertiary/aromatic N) is 2. The van der Waals surface area contributed by atoms with Crippen molar-refractivity contribution >= 4 is 45.8 Å². The number of amidine groups is 1. The van der Waals surface area contributed by atoms with Crippen LogP contribution >= 0.6 is 11.8 Å². The first kappa shape index (κ1) is 20.2. The Kier molecular flexibility index (Phi) is 7.13. The van der Waals surface area contributed by atoms with Crippen LogP contribution in [0.25, 0.3) is 0 Å². The van der Waals surface area contributed by atoms with Gasteiger partial charge in [-0.05, 0) is 62.1 Å². The van der Waals surface area contributed by atoms with Gasteiger partial charge in [-0.3, -0.25) is 4.79 Å². The van der Waals surface area contributed by atoms with E-state index in [9.17, 15) is 9.59 Å². The fourth-order valence-electron chi connectivity index (χ4n) is 2.10. The molecule has 2 amide bonds. The second kappa shape index (κ2) is 9.54. The van der Waals surface area contributed by atoms with Crippen LogP contribution in [0, 0.1) is 0 Å². The summed E-state index contributed by atoms with van der Waals surface area (Å²) in [4.78, 5) is 23.3. The van der Waals surface area contributed by atoms with Gasteiger partial charge in [0.05, 0.1) is 5.71 Å². The van der Waals surface area contributed by atoms with E-state index in [0.717, 1.165) is 5.56 Å². The highest BCUT2D eigenvalue weighted by atomic mass is 32.2. The van der Waals surface area contributed by atoms with E-state index in [4.69, 9.17) is 5.73 Å². The molecule has 0 aromatic heterocycles. The molecule has 2 aromatic rings. The van der Waals surface area contributed by atoms with Gasteiger partial charge in [0, 0.05) is 16.9 Å². The summed E-state index contributed by atoms with van der Waals surface area (Å²) in [5.41, 5.74) is 9.02. The molecule has 0 bridgehead atoms. The summed E-state index contributed by atoms with van der Waals surface area (Å²) >= 11 is 1.32. The van der Waals surface area contributed by atoms with Gasteiger partial charge in [-0.15, -0.1) is 5.10 Å². The zero-order valence-electron chi connectivity index (χ0n) is 15.3. The molecule has 2 aromatic carbocycles. The smallest absolute Gasteiger partial charge is 0.323 e. The lowest BCUT2D eigenvalue weighted by molar-refractivity contribution is 0.101. The minimum Gasteiger partial charge on any atom is -0.377 e. The van der Waals surface area contributed by atoms with Crippen molar-refractivity contribution in [1.82, 2.24) is 0 Å². The van der Waals surface area contributed by atoms with E-state index in [1.807, 2.05) is 25.3 Å². The number of thioether (sulfide) groups is 1. The SMILES string of the molecule is CS/C(N)=N/N=C(\C)c1ccc(NC(=O)Nc2ccc(C(C)=O)cc2)cc1. The van der Waals surface area contributed by atoms with Crippen molar-refractivity contribution in [3.05, 3.63) is 59.7 Å². The topological polar surface area (TPSA) is 109 Å². The van der Waals surface area contributed by atoms with Crippen LogP contribution < -0.4 is 16.4 Å². The van der Waals surface area contributed by atoms with Gasteiger partial charge in [0.15, 0.2) is 11.0 Å². The third kappa shape index (κ3) is 6.27. The highest BCUT2D eigenvalue weighted by Crippen LogP contribution is 2.13. The van der Waals surface area contributed by atoms with Crippen molar-refractivity contribution in [2.75, 3.05) is 16.9 Å². The van der Waals surface area contributed by atoms with Crippen molar-refractivity contribution in [3.8, 4) is 0 Å². The lowest BCUT2D eigenvalue weighted by atomic mass is 10.1. The number of nitrogens with one attached hydrogen (secondary N) is 2. The molecule has 0 unspecified atom stereocenters. The maximum Gasteiger partial charge on any atom is 0.323 e. The van der Waals surface area contributed by atoms with Crippen LogP contribution in [-0.4, -0.2) is 28.9 Å². The van der Waals surface area contributed by atoms with Gasteiger partial charge in [-0.2, -0.15) is 5.10 Å². The van der Waals surface area contributed by atoms with Crippen LogP contribution in [-0.2, 0) is 0 Å². The molecule has 0 heterocycles. The monoisotopic (exact) mass is 383 g/mol. The van der Waals surface area contributed by atoms with Crippen LogP contribution in [0.3, 0.4) is 0 Å². The van der Waals surface area contributed by atoms with Gasteiger partial charge in [0.25, 0.3) is 0 Å². The lowest BCUT2D eigenvalue weighted by Gasteiger charge is -2.08. The normalized spacial score (nSPS) is 11.8. The molecule has 2 rings (SSSR count). The van der Waals surface area contributed by atoms with E-state index in [-0.39, 0.29) is 11.8 Å². The van der Waals surface area contributed by atoms with E-state index < -0.39 is 0 Å². The first-order valence-electron chi connectivity index (χ1n) is 8.10. The Labute approximate surface area is 162 Å². The summed E-state index contributed by atoms with van der Waals surface area (Å²) in [6.07, 6.45) is 1.83. The number of nitrogens with two attached hydrogens (primary N) is 1. The van der Waals surface area contributed by atoms with Gasteiger partial charge in [-0.25, -0.2) is 4.79 Å². The number of Topliss-reactive ketones (excluding diaryl/α,β-unsaturated/α-hetero) is 1. The second-order valence-corrected chi connectivity index (χ2v) is 6.44. The standard InChI is InChI=1S/C19H21N5O2S/c1-12(23-24-18(20)27-3)14-4-8-16(9-5-14)21-19(26)22-17-10-6-15(7-11-17)13(2)25/h4-11H,1-3H3,(H2,20,24)(H2,21,22,26)/b23-12+. The highest BCUT2D eigenvalue weighted by molar-refractivity contribution is 8.13. The number of anilines is 2. The van der Waals surface area contributed by atoms with Crippen molar-refractivity contribution in [3.63, 3.8) is 0 Å². The summed E-state index contributed by atoms with van der Waals surface area (Å²) in [7, 11) is 0. The molecule has 0 aliphatic rings. The maximum atomic E-state index is 12.1. The average molecular weight is 383 g/mol. The number of rotatable bonds is 5. The van der Waals surface area contributed by atoms with E-state index >= 15 is 0 Å². The molecule has 0 radical (unpaired) electrons. The molecule has 0 saturated heterocycles. The number of urea groups is 1. The molecule has 0 atom stereocenters. The molecule has 0 aliphatic heterocycles. The Balaban J connectivity index is 1.97. The van der Waals surface area contributed by atoms with Crippen molar-refractivity contribution in [2.45, 2.75) is 13.8 Å². The zero-order chi connectivity index (χ0) is 19.8. The minimum atomic E-state index is -0.374. The number of hydrogen-bond acceptors (Lipinski definition) is 5. The molecule has 0 aliphatic carbocycles. The summed E-state index contributed by atoms with van der Waals surface area (Å²) in [5.74, 6) is -0.0215. The molecule has 27 heavy (non-hydrogen) atoms. The van der Waals surface area contributed by atoms with Gasteiger partial charge >= 0.3 is 6.03 Å². The second-order valence-electron chi connectivity index (χ2n) is 5.62. The number of amides is 2. The summed E-state index contributed by atoms with van der Waals surface area (Å²) < 4.78 is 0. The molecule has 0 spiro atoms. The Bertz CT molecular complexity index is 874. The fourth-order valence-corrected chi connectivity index (χ4v) is 2.22. The Morgan fingerprint density at radius 1 is 0.852 bits per heavy atom. The first-order valence-corrected chi connectivity index (χ1v) is 9.32. The van der Waals surface area contributed by atoms with Gasteiger partial charge < -0.3 is 16.4 Å². The molecule has 0 fully saturated rings. The van der Waals surface area contributed by atoms with Gasteiger partial charge in [0.1, 0.15) is 0 Å². The molecule has 7 nitrogen and oxygen atoms in total. The number of ketones is 1. The summed E-state index contributed by atoms with van der Waals surface area (Å²) in [6.45, 7) is 3.33. The van der Waals surface area contributed by atoms with Crippen LogP contribution in [0.4, 0.5) is 16.2 Å². The molecular weight excluding hydrogens is 362 g/mol. The van der Waals surface area contributed by atoms with Crippen LogP contribution in [0.2, 0.25) is 0 Å². The Morgan fingerprint density at radius 2 is 1.33 bits per heavy atom. The summed E-state index contributed by atoms with van der Waals surface area (Å²) in [5, 5.41) is 13.8. The van der Waals surface area contributed by atoms with E-state index in [2.05, 4.69) is 20.8 Å². The third-order valence-corrected chi connectivity index (χ3v) is 4.12. The number of hydrogen-bond donors (Lipinski definition) is 3. The quantitative estimate of drug-likeness (QED) is 0.314. The van der Waals surface area contributed by atoms with E-state index in [1.165, 1.54) is 18.7 Å². The van der Waals surface area contributed by atoms with Crippen molar-refractivity contribution in [1.29, 1.82) is 0 Å². The van der Waals surface area contributed by atoms with Crippen LogP contribution in [0.5, 0.6) is 0 Å². The molecule has 4 N–H and O–H groups in total. The fraction of sp³-hybridized carbons (Fsp3) is 0.158. The highest BCUT2D eigenvalue weighted by Gasteiger charge is 2.05. The van der Waals surface area contributed by atoms with Crippen molar-refractivity contribution in [2.24, 2.45) is 15.9 Å². The number of carbonyl (C=O) groups excluding carboxylic acids is 2. The molecule has 8 heteroatoms. The predicted octanol–water partition coefficient (Wildman–Crippen LogP) is 3.93. The Morgan fingerprint density at radius 3 is 1.78 bits per heavy atom. The maximum absolute atomic E-state index is 12.1. The summed E-state index contributed by atoms with van der Waals surface area (Å²) in [6, 6.07) is 13.5. The van der Waals surface area contributed by atoms with Crippen LogP contribution in [0.1, 0.15) is 29.8 Å². The molecular formula is C19H21N5O2S. The molecule has 140 valence electrons. The third-order valence-electron chi connectivity index (χ3n) is 3.62. The Hall–Kier alpha value is -3.13. The van der Waals surface area contributed by atoms with E-state index in [0.29, 0.717) is 27.8 Å². The largest absolute Gasteiger partial charge is 0.377 e. The number of benzene rings is 2. The van der Waals surface area contributed by atoms with Crippen molar-refractivity contribution < 1.29 is 9.59 Å². The average Bonchev–Trinajstić information content (AvgIpc) is 2.66. The zero-order valence-corrected chi connectivity index (χ0v) is 16.1. The predicted molar refractivity (Wildman–Crippen MR) is 113 cm³/mol. The number of carbonyl (C=O) groups is 2. The van der Waals surface area contributed by atoms with Gasteiger partial charge in [-0.1, -0.05) is 23.9 Å². The lowest BCUT2D eigenvalue weighted by Crippen LogP contribution is -2.19. The first-order chi connectivity index (χ1) is 12.9.